The Morgan fingerprint density at radius 3 is 2.25 bits per heavy atom. The van der Waals surface area contributed by atoms with Crippen LogP contribution in [0.4, 0.5) is 9.59 Å². The van der Waals surface area contributed by atoms with Crippen LogP contribution in [0.25, 0.3) is 33.6 Å². The Kier molecular flexibility index (Phi) is 10.7. The lowest BCUT2D eigenvalue weighted by Crippen LogP contribution is -2.51. The molecule has 4 amide bonds. The van der Waals surface area contributed by atoms with Crippen LogP contribution in [0.5, 0.6) is 5.75 Å². The van der Waals surface area contributed by atoms with Gasteiger partial charge in [0.2, 0.25) is 5.91 Å². The Morgan fingerprint density at radius 2 is 1.51 bits per heavy atom. The number of aryl methyl sites for hydroxylation is 2. The summed E-state index contributed by atoms with van der Waals surface area (Å²) in [7, 11) is 2.58. The fourth-order valence-electron chi connectivity index (χ4n) is 9.37. The van der Waals surface area contributed by atoms with Crippen LogP contribution in [0.15, 0.2) is 66.9 Å². The molecular weight excluding hydrogens is 777 g/mol. The Labute approximate surface area is 353 Å². The average molecular weight is 827 g/mol. The number of ether oxygens (including phenoxy) is 3. The predicted molar refractivity (Wildman–Crippen MR) is 225 cm³/mol. The lowest BCUT2D eigenvalue weighted by atomic mass is 9.86. The normalized spacial score (nSPS) is 18.6. The van der Waals surface area contributed by atoms with Gasteiger partial charge in [-0.25, -0.2) is 19.6 Å². The molecule has 15 heteroatoms. The van der Waals surface area contributed by atoms with Gasteiger partial charge in [-0.1, -0.05) is 56.3 Å². The molecule has 3 aromatic carbocycles. The van der Waals surface area contributed by atoms with Crippen molar-refractivity contribution in [3.8, 4) is 39.4 Å². The first-order chi connectivity index (χ1) is 29.6. The smallest absolute Gasteiger partial charge is 0.407 e. The zero-order valence-corrected chi connectivity index (χ0v) is 34.7. The van der Waals surface area contributed by atoms with Gasteiger partial charge in [0.15, 0.2) is 0 Å². The molecule has 15 nitrogen and oxygen atoms in total. The topological polar surface area (TPSA) is 184 Å². The number of imidazole rings is 2. The van der Waals surface area contributed by atoms with E-state index in [0.29, 0.717) is 31.1 Å². The minimum absolute atomic E-state index is 0.116. The summed E-state index contributed by atoms with van der Waals surface area (Å²) in [5.41, 5.74) is 9.84. The molecule has 4 aliphatic rings. The first-order valence-corrected chi connectivity index (χ1v) is 21.0. The summed E-state index contributed by atoms with van der Waals surface area (Å²) < 4.78 is 16.1. The van der Waals surface area contributed by atoms with Gasteiger partial charge < -0.3 is 44.6 Å². The largest absolute Gasteiger partial charge is 0.488 e. The summed E-state index contributed by atoms with van der Waals surface area (Å²) >= 11 is 0. The van der Waals surface area contributed by atoms with Crippen LogP contribution >= 0.6 is 0 Å². The van der Waals surface area contributed by atoms with E-state index in [1.165, 1.54) is 19.8 Å². The van der Waals surface area contributed by atoms with Crippen molar-refractivity contribution >= 4 is 24.0 Å². The molecule has 5 heterocycles. The molecule has 0 bridgehead atoms. The minimum atomic E-state index is -0.888. The number of rotatable bonds is 9. The van der Waals surface area contributed by atoms with E-state index in [0.717, 1.165) is 95.0 Å². The summed E-state index contributed by atoms with van der Waals surface area (Å²) in [6.07, 6.45) is 5.31. The minimum Gasteiger partial charge on any atom is -0.488 e. The number of benzene rings is 3. The van der Waals surface area contributed by atoms with Gasteiger partial charge in [-0.3, -0.25) is 9.59 Å². The van der Waals surface area contributed by atoms with Crippen molar-refractivity contribution in [2.45, 2.75) is 83.1 Å². The van der Waals surface area contributed by atoms with Gasteiger partial charge >= 0.3 is 12.2 Å². The monoisotopic (exact) mass is 826 g/mol. The van der Waals surface area contributed by atoms with Crippen molar-refractivity contribution in [1.29, 1.82) is 0 Å². The number of fused-ring (bicyclic) bond motifs is 6. The average Bonchev–Trinajstić information content (AvgIpc) is 4.13. The van der Waals surface area contributed by atoms with Crippen LogP contribution in [-0.2, 0) is 38.5 Å². The quantitative estimate of drug-likeness (QED) is 0.122. The van der Waals surface area contributed by atoms with Crippen LogP contribution in [0, 0.1) is 5.92 Å². The van der Waals surface area contributed by atoms with E-state index in [9.17, 15) is 19.2 Å². The number of aromatic amines is 2. The predicted octanol–water partition coefficient (Wildman–Crippen LogP) is 6.93. The number of carbonyl (C=O) groups is 4. The van der Waals surface area contributed by atoms with Crippen LogP contribution in [0.2, 0.25) is 0 Å². The fourth-order valence-corrected chi connectivity index (χ4v) is 9.37. The molecule has 2 aromatic heterocycles. The third kappa shape index (κ3) is 7.46. The Morgan fingerprint density at radius 1 is 0.787 bits per heavy atom. The van der Waals surface area contributed by atoms with E-state index in [2.05, 4.69) is 50.9 Å². The molecule has 1 unspecified atom stereocenters. The van der Waals surface area contributed by atoms with E-state index in [1.54, 1.807) is 0 Å². The van der Waals surface area contributed by atoms with Crippen molar-refractivity contribution < 1.29 is 33.4 Å². The molecule has 1 aliphatic carbocycles. The molecule has 3 aliphatic heterocycles. The molecule has 2 saturated heterocycles. The summed E-state index contributed by atoms with van der Waals surface area (Å²) in [6, 6.07) is 17.8. The second kappa shape index (κ2) is 16.4. The van der Waals surface area contributed by atoms with E-state index >= 15 is 0 Å². The Balaban J connectivity index is 0.937. The maximum absolute atomic E-state index is 14.1. The molecule has 61 heavy (non-hydrogen) atoms. The molecule has 0 spiro atoms. The van der Waals surface area contributed by atoms with Crippen LogP contribution < -0.4 is 15.4 Å². The van der Waals surface area contributed by atoms with Crippen molar-refractivity contribution in [1.82, 2.24) is 40.4 Å². The highest BCUT2D eigenvalue weighted by atomic mass is 16.5. The standard InChI is InChI=1S/C46H50N8O7/c1-25(2)38(51-45(57)59-3)43(55)53-18-8-12-35(53)41-47-23-34(49-41)28-14-16-30-29(20-28)24-61-37-22-31-27(21-32(30)37)15-17-33-40(31)50-42(48-33)36-13-9-19-54(36)44(56)39(52-46(58)60-4)26-10-6-5-7-11-26/h5-7,10-11,14,16,20-23,25,35-36,38-39H,8-9,12-13,15,17-19,24H2,1-4H3,(H,47,49)(H,48,50)(H,51,57)(H,52,58)/t35-,36-,38-,39?/m0/s1. The van der Waals surface area contributed by atoms with E-state index < -0.39 is 24.3 Å². The number of aromatic nitrogens is 4. The number of hydrogen-bond donors (Lipinski definition) is 4. The third-order valence-electron chi connectivity index (χ3n) is 12.5. The molecule has 9 rings (SSSR count). The Bertz CT molecular complexity index is 2500. The zero-order valence-electron chi connectivity index (χ0n) is 34.7. The number of amides is 4. The van der Waals surface area contributed by atoms with Gasteiger partial charge in [0, 0.05) is 29.9 Å². The number of nitrogens with zero attached hydrogens (tertiary/aromatic N) is 4. The summed E-state index contributed by atoms with van der Waals surface area (Å²) in [5.74, 6) is 1.79. The van der Waals surface area contributed by atoms with E-state index in [1.807, 2.05) is 60.2 Å². The first kappa shape index (κ1) is 39.8. The van der Waals surface area contributed by atoms with E-state index in [4.69, 9.17) is 24.2 Å². The molecule has 4 N–H and O–H groups in total. The maximum atomic E-state index is 14.1. The molecule has 316 valence electrons. The van der Waals surface area contributed by atoms with Gasteiger partial charge in [-0.05, 0) is 90.5 Å². The lowest BCUT2D eigenvalue weighted by Gasteiger charge is -2.30. The zero-order chi connectivity index (χ0) is 42.4. The van der Waals surface area contributed by atoms with E-state index in [-0.39, 0.29) is 29.8 Å². The van der Waals surface area contributed by atoms with Gasteiger partial charge in [0.25, 0.3) is 5.91 Å². The van der Waals surface area contributed by atoms with Gasteiger partial charge in [0.1, 0.15) is 36.1 Å². The van der Waals surface area contributed by atoms with Crippen molar-refractivity contribution in [2.24, 2.45) is 5.92 Å². The van der Waals surface area contributed by atoms with Crippen LogP contribution in [-0.4, -0.2) is 87.1 Å². The second-order valence-electron chi connectivity index (χ2n) is 16.5. The molecule has 5 aromatic rings. The summed E-state index contributed by atoms with van der Waals surface area (Å²) in [4.78, 5) is 72.8. The molecule has 2 fully saturated rings. The number of nitrogens with one attached hydrogen (secondary N) is 4. The highest BCUT2D eigenvalue weighted by Crippen LogP contribution is 2.46. The highest BCUT2D eigenvalue weighted by Gasteiger charge is 2.39. The van der Waals surface area contributed by atoms with Crippen molar-refractivity contribution in [3.05, 3.63) is 101 Å². The molecule has 0 saturated carbocycles. The lowest BCUT2D eigenvalue weighted by molar-refractivity contribution is -0.135. The van der Waals surface area contributed by atoms with Gasteiger partial charge in [0.05, 0.1) is 43.9 Å². The van der Waals surface area contributed by atoms with Crippen LogP contribution in [0.3, 0.4) is 0 Å². The second-order valence-corrected chi connectivity index (χ2v) is 16.5. The summed E-state index contributed by atoms with van der Waals surface area (Å²) in [6.45, 7) is 5.34. The Hall–Kier alpha value is -6.64. The summed E-state index contributed by atoms with van der Waals surface area (Å²) in [5, 5.41) is 5.45. The van der Waals surface area contributed by atoms with Crippen LogP contribution in [0.1, 0.15) is 91.7 Å². The van der Waals surface area contributed by atoms with Crippen molar-refractivity contribution in [3.63, 3.8) is 0 Å². The molecule has 4 atom stereocenters. The number of likely N-dealkylation sites (tertiary alicyclic amines) is 2. The van der Waals surface area contributed by atoms with Crippen molar-refractivity contribution in [2.75, 3.05) is 27.3 Å². The number of hydrogen-bond acceptors (Lipinski definition) is 9. The SMILES string of the molecule is COC(=O)NC(C(=O)N1CCC[C@H]1c1nc2c([nH]1)CCc1cc3c(cc1-2)OCc1cc(-c2cnc([C@@H]4CCCN4C(=O)[C@@H](NC(=O)OC)C(C)C)[nH]2)ccc1-3)c1ccccc1. The highest BCUT2D eigenvalue weighted by molar-refractivity contribution is 5.88. The van der Waals surface area contributed by atoms with Gasteiger partial charge in [-0.15, -0.1) is 0 Å². The molecular formula is C46H50N8O7. The maximum Gasteiger partial charge on any atom is 0.407 e. The first-order valence-electron chi connectivity index (χ1n) is 21.0. The third-order valence-corrected chi connectivity index (χ3v) is 12.5. The number of methoxy groups -OCH3 is 2. The number of H-pyrrole nitrogens is 2. The van der Waals surface area contributed by atoms with Gasteiger partial charge in [-0.2, -0.15) is 0 Å². The number of carbonyl (C=O) groups excluding carboxylic acids is 4. The molecule has 0 radical (unpaired) electrons. The fraction of sp³-hybridized carbons (Fsp3) is 0.391. The number of alkyl carbamates (subject to hydrolysis) is 2.